The Bertz CT molecular complexity index is 528. The van der Waals surface area contributed by atoms with E-state index in [1.807, 2.05) is 6.07 Å². The van der Waals surface area contributed by atoms with Gasteiger partial charge in [0.2, 0.25) is 0 Å². The van der Waals surface area contributed by atoms with Crippen molar-refractivity contribution in [2.24, 2.45) is 0 Å². The molecule has 2 aromatic rings. The van der Waals surface area contributed by atoms with Gasteiger partial charge < -0.3 is 5.32 Å². The first kappa shape index (κ1) is 10.2. The summed E-state index contributed by atoms with van der Waals surface area (Å²) < 4.78 is 0. The van der Waals surface area contributed by atoms with Crippen LogP contribution in [-0.4, -0.2) is 0 Å². The number of fused-ring (bicyclic) bond motifs is 1. The van der Waals surface area contributed by atoms with Gasteiger partial charge in [0.05, 0.1) is 6.04 Å². The van der Waals surface area contributed by atoms with Gasteiger partial charge in [-0.3, -0.25) is 0 Å². The van der Waals surface area contributed by atoms with Crippen molar-refractivity contribution < 1.29 is 0 Å². The maximum Gasteiger partial charge on any atom is 0.0554 e. The van der Waals surface area contributed by atoms with Gasteiger partial charge in [0.1, 0.15) is 0 Å². The molecule has 0 saturated carbocycles. The summed E-state index contributed by atoms with van der Waals surface area (Å²) in [4.78, 5) is 0. The Morgan fingerprint density at radius 1 is 0.882 bits per heavy atom. The van der Waals surface area contributed by atoms with Crippen molar-refractivity contribution in [3.63, 3.8) is 0 Å². The third kappa shape index (κ3) is 2.09. The van der Waals surface area contributed by atoms with Crippen LogP contribution in [0.3, 0.4) is 0 Å². The molecule has 0 saturated heterocycles. The number of rotatable bonds is 2. The predicted molar refractivity (Wildman–Crippen MR) is 72.9 cm³/mol. The van der Waals surface area contributed by atoms with E-state index in [0.717, 1.165) is 6.42 Å². The van der Waals surface area contributed by atoms with Crippen LogP contribution in [0, 0.1) is 0 Å². The largest absolute Gasteiger partial charge is 0.378 e. The van der Waals surface area contributed by atoms with Crippen molar-refractivity contribution in [2.45, 2.75) is 12.5 Å². The molecule has 2 aromatic carbocycles. The molecule has 0 fully saturated rings. The average molecular weight is 221 g/mol. The molecule has 1 aliphatic carbocycles. The zero-order valence-corrected chi connectivity index (χ0v) is 9.64. The van der Waals surface area contributed by atoms with Crippen LogP contribution in [0.1, 0.15) is 23.6 Å². The zero-order valence-electron chi connectivity index (χ0n) is 9.64. The van der Waals surface area contributed by atoms with E-state index in [1.54, 1.807) is 0 Å². The Labute approximate surface area is 102 Å². The number of para-hydroxylation sites is 1. The van der Waals surface area contributed by atoms with Crippen molar-refractivity contribution in [3.8, 4) is 0 Å². The summed E-state index contributed by atoms with van der Waals surface area (Å²) in [6.07, 6.45) is 5.49. The number of benzene rings is 2. The van der Waals surface area contributed by atoms with E-state index < -0.39 is 0 Å². The molecule has 17 heavy (non-hydrogen) atoms. The molecule has 0 amide bonds. The van der Waals surface area contributed by atoms with Crippen LogP contribution >= 0.6 is 0 Å². The van der Waals surface area contributed by atoms with Crippen LogP contribution in [0.25, 0.3) is 6.08 Å². The minimum Gasteiger partial charge on any atom is -0.378 e. The van der Waals surface area contributed by atoms with Crippen LogP contribution in [0.5, 0.6) is 0 Å². The Hall–Kier alpha value is -2.02. The number of hydrogen-bond donors (Lipinski definition) is 1. The lowest BCUT2D eigenvalue weighted by molar-refractivity contribution is 0.788. The molecule has 84 valence electrons. The molecule has 0 bridgehead atoms. The molecule has 0 heterocycles. The first-order chi connectivity index (χ1) is 8.43. The highest BCUT2D eigenvalue weighted by atomic mass is 14.9. The molecule has 3 rings (SSSR count). The van der Waals surface area contributed by atoms with Crippen LogP contribution < -0.4 is 5.32 Å². The van der Waals surface area contributed by atoms with Gasteiger partial charge in [0, 0.05) is 5.69 Å². The standard InChI is InChI=1S/C16H15N/c1-2-9-14(10-3-1)17-16-12-6-8-13-7-4-5-11-15(13)16/h1-11,16-17H,12H2. The summed E-state index contributed by atoms with van der Waals surface area (Å²) in [5.74, 6) is 0. The second-order valence-electron chi connectivity index (χ2n) is 4.33. The molecule has 1 unspecified atom stereocenters. The van der Waals surface area contributed by atoms with Crippen molar-refractivity contribution in [2.75, 3.05) is 5.32 Å². The fourth-order valence-corrected chi connectivity index (χ4v) is 2.31. The van der Waals surface area contributed by atoms with E-state index in [-0.39, 0.29) is 0 Å². The van der Waals surface area contributed by atoms with E-state index in [2.05, 4.69) is 66.0 Å². The quantitative estimate of drug-likeness (QED) is 0.799. The maximum absolute atomic E-state index is 3.59. The van der Waals surface area contributed by atoms with Gasteiger partial charge >= 0.3 is 0 Å². The van der Waals surface area contributed by atoms with Crippen molar-refractivity contribution in [1.29, 1.82) is 0 Å². The monoisotopic (exact) mass is 221 g/mol. The minimum atomic E-state index is 0.388. The van der Waals surface area contributed by atoms with E-state index in [0.29, 0.717) is 6.04 Å². The maximum atomic E-state index is 3.59. The first-order valence-electron chi connectivity index (χ1n) is 6.00. The lowest BCUT2D eigenvalue weighted by Crippen LogP contribution is -2.13. The minimum absolute atomic E-state index is 0.388. The number of nitrogens with one attached hydrogen (secondary N) is 1. The van der Waals surface area contributed by atoms with E-state index >= 15 is 0 Å². The first-order valence-corrected chi connectivity index (χ1v) is 6.00. The predicted octanol–water partition coefficient (Wildman–Crippen LogP) is 4.26. The smallest absolute Gasteiger partial charge is 0.0554 e. The number of hydrogen-bond acceptors (Lipinski definition) is 1. The van der Waals surface area contributed by atoms with Crippen LogP contribution in [-0.2, 0) is 0 Å². The van der Waals surface area contributed by atoms with Crippen LogP contribution in [0.4, 0.5) is 5.69 Å². The van der Waals surface area contributed by atoms with Crippen molar-refractivity contribution in [1.82, 2.24) is 0 Å². The summed E-state index contributed by atoms with van der Waals surface area (Å²) in [6.45, 7) is 0. The van der Waals surface area contributed by atoms with Crippen LogP contribution in [0.2, 0.25) is 0 Å². The SMILES string of the molecule is C1=Cc2ccccc2C(Nc2ccccc2)C1. The molecular weight excluding hydrogens is 206 g/mol. The highest BCUT2D eigenvalue weighted by Crippen LogP contribution is 2.30. The zero-order chi connectivity index (χ0) is 11.5. The molecule has 1 nitrogen and oxygen atoms in total. The molecule has 1 N–H and O–H groups in total. The van der Waals surface area contributed by atoms with Gasteiger partial charge in [-0.2, -0.15) is 0 Å². The van der Waals surface area contributed by atoms with E-state index in [1.165, 1.54) is 16.8 Å². The van der Waals surface area contributed by atoms with Gasteiger partial charge in [-0.1, -0.05) is 54.6 Å². The molecule has 1 atom stereocenters. The van der Waals surface area contributed by atoms with Gasteiger partial charge in [-0.25, -0.2) is 0 Å². The molecule has 0 aliphatic heterocycles. The second kappa shape index (κ2) is 4.46. The molecule has 0 radical (unpaired) electrons. The van der Waals surface area contributed by atoms with Gasteiger partial charge in [0.15, 0.2) is 0 Å². The second-order valence-corrected chi connectivity index (χ2v) is 4.33. The summed E-state index contributed by atoms with van der Waals surface area (Å²) in [5.41, 5.74) is 3.90. The highest BCUT2D eigenvalue weighted by molar-refractivity contribution is 5.59. The Morgan fingerprint density at radius 2 is 1.65 bits per heavy atom. The molecular formula is C16H15N. The lowest BCUT2D eigenvalue weighted by atomic mass is 9.93. The van der Waals surface area contributed by atoms with E-state index in [4.69, 9.17) is 0 Å². The average Bonchev–Trinajstić information content (AvgIpc) is 2.40. The Morgan fingerprint density at radius 3 is 2.53 bits per heavy atom. The summed E-state index contributed by atoms with van der Waals surface area (Å²) in [5, 5.41) is 3.59. The molecule has 1 aliphatic rings. The normalized spacial score (nSPS) is 17.5. The topological polar surface area (TPSA) is 12.0 Å². The van der Waals surface area contributed by atoms with Gasteiger partial charge in [-0.05, 0) is 29.7 Å². The molecule has 0 spiro atoms. The fourth-order valence-electron chi connectivity index (χ4n) is 2.31. The Balaban J connectivity index is 1.88. The summed E-state index contributed by atoms with van der Waals surface area (Å²) in [6, 6.07) is 19.4. The third-order valence-corrected chi connectivity index (χ3v) is 3.16. The highest BCUT2D eigenvalue weighted by Gasteiger charge is 2.15. The van der Waals surface area contributed by atoms with Gasteiger partial charge in [0.25, 0.3) is 0 Å². The van der Waals surface area contributed by atoms with Crippen molar-refractivity contribution in [3.05, 3.63) is 71.8 Å². The molecule has 1 heteroatoms. The summed E-state index contributed by atoms with van der Waals surface area (Å²) in [7, 11) is 0. The van der Waals surface area contributed by atoms with Crippen LogP contribution in [0.15, 0.2) is 60.7 Å². The molecule has 0 aromatic heterocycles. The third-order valence-electron chi connectivity index (χ3n) is 3.16. The lowest BCUT2D eigenvalue weighted by Gasteiger charge is -2.23. The van der Waals surface area contributed by atoms with Crippen molar-refractivity contribution >= 4 is 11.8 Å². The fraction of sp³-hybridized carbons (Fsp3) is 0.125. The van der Waals surface area contributed by atoms with E-state index in [9.17, 15) is 0 Å². The Kier molecular flexibility index (Phi) is 2.66. The summed E-state index contributed by atoms with van der Waals surface area (Å²) >= 11 is 0. The number of anilines is 1. The van der Waals surface area contributed by atoms with Gasteiger partial charge in [-0.15, -0.1) is 0 Å².